The van der Waals surface area contributed by atoms with Crippen LogP contribution in [0.2, 0.25) is 0 Å². The van der Waals surface area contributed by atoms with Crippen LogP contribution >= 0.6 is 0 Å². The summed E-state index contributed by atoms with van der Waals surface area (Å²) < 4.78 is 27.1. The molecule has 1 atom stereocenters. The highest BCUT2D eigenvalue weighted by Crippen LogP contribution is 2.38. The van der Waals surface area contributed by atoms with Gasteiger partial charge in [0.1, 0.15) is 23.1 Å². The number of carbonyl (C=O) groups is 4. The van der Waals surface area contributed by atoms with E-state index in [1.807, 2.05) is 48.0 Å². The second-order valence-electron chi connectivity index (χ2n) is 13.1. The smallest absolute Gasteiger partial charge is 0.274 e. The number of fused-ring (bicyclic) bond motifs is 1. The lowest BCUT2D eigenvalue weighted by Crippen LogP contribution is -2.44. The average Bonchev–Trinajstić information content (AvgIpc) is 3.55. The molecule has 0 bridgehead atoms. The number of hydrogen-bond acceptors (Lipinski definition) is 11. The van der Waals surface area contributed by atoms with Crippen molar-refractivity contribution >= 4 is 34.5 Å². The summed E-state index contributed by atoms with van der Waals surface area (Å²) in [6, 6.07) is 7.46. The first-order valence-corrected chi connectivity index (χ1v) is 17.8. The van der Waals surface area contributed by atoms with Gasteiger partial charge >= 0.3 is 0 Å². The Hall–Kier alpha value is -5.78. The van der Waals surface area contributed by atoms with Gasteiger partial charge in [-0.2, -0.15) is 0 Å². The molecule has 300 valence electrons. The van der Waals surface area contributed by atoms with E-state index in [-0.39, 0.29) is 73.7 Å². The third-order valence-electron chi connectivity index (χ3n) is 9.19. The van der Waals surface area contributed by atoms with E-state index in [4.69, 9.17) is 18.9 Å². The number of rotatable bonds is 18. The van der Waals surface area contributed by atoms with Crippen LogP contribution in [0.4, 0.5) is 0 Å². The SMILES string of the molecule is COc1cc(-c2cn(C)c(=O)c3c2ccn3C)cc(OC)c1CN(C)CC(=O)NCCOCCOCCNC(=O)c1ccc(=O)n(C2CCC(=O)NC2=O)c1.[HH].[HH].[HH]. The molecule has 1 unspecified atom stereocenters. The summed E-state index contributed by atoms with van der Waals surface area (Å²) in [5.74, 6) is -0.412. The summed E-state index contributed by atoms with van der Waals surface area (Å²) in [6.07, 6.45) is 5.27. The van der Waals surface area contributed by atoms with E-state index in [0.717, 1.165) is 22.1 Å². The number of carbonyl (C=O) groups excluding carboxylic acids is 4. The Morgan fingerprint density at radius 3 is 2.24 bits per heavy atom. The van der Waals surface area contributed by atoms with E-state index in [1.54, 1.807) is 32.0 Å². The third-order valence-corrected chi connectivity index (χ3v) is 9.19. The fourth-order valence-corrected chi connectivity index (χ4v) is 6.41. The quantitative estimate of drug-likeness (QED) is 0.0981. The van der Waals surface area contributed by atoms with Gasteiger partial charge in [0.25, 0.3) is 17.0 Å². The van der Waals surface area contributed by atoms with Crippen molar-refractivity contribution in [1.82, 2.24) is 34.6 Å². The highest BCUT2D eigenvalue weighted by atomic mass is 16.5. The van der Waals surface area contributed by atoms with Gasteiger partial charge in [-0.15, -0.1) is 0 Å². The molecule has 1 fully saturated rings. The maximum Gasteiger partial charge on any atom is 0.274 e. The Morgan fingerprint density at radius 1 is 0.909 bits per heavy atom. The summed E-state index contributed by atoms with van der Waals surface area (Å²) >= 11 is 0. The van der Waals surface area contributed by atoms with Crippen LogP contribution in [0, 0.1) is 0 Å². The lowest BCUT2D eigenvalue weighted by Gasteiger charge is -2.23. The minimum Gasteiger partial charge on any atom is -0.496 e. The van der Waals surface area contributed by atoms with Gasteiger partial charge in [-0.3, -0.25) is 39.0 Å². The number of aryl methyl sites for hydroxylation is 2. The van der Waals surface area contributed by atoms with E-state index in [9.17, 15) is 28.8 Å². The first kappa shape index (κ1) is 40.4. The van der Waals surface area contributed by atoms with Crippen LogP contribution in [-0.2, 0) is 44.5 Å². The molecule has 4 heterocycles. The summed E-state index contributed by atoms with van der Waals surface area (Å²) in [5.41, 5.74) is 2.72. The van der Waals surface area contributed by atoms with Crippen molar-refractivity contribution in [3.05, 3.63) is 80.8 Å². The van der Waals surface area contributed by atoms with Gasteiger partial charge < -0.3 is 43.3 Å². The number of aromatic nitrogens is 3. The molecule has 1 aromatic carbocycles. The monoisotopic (exact) mass is 767 g/mol. The molecule has 1 aliphatic rings. The van der Waals surface area contributed by atoms with Crippen molar-refractivity contribution in [1.29, 1.82) is 0 Å². The zero-order chi connectivity index (χ0) is 39.6. The van der Waals surface area contributed by atoms with Crippen molar-refractivity contribution in [2.24, 2.45) is 14.1 Å². The number of ether oxygens (including phenoxy) is 4. The number of hydrogen-bond donors (Lipinski definition) is 3. The molecule has 17 heteroatoms. The van der Waals surface area contributed by atoms with E-state index in [1.165, 1.54) is 22.9 Å². The van der Waals surface area contributed by atoms with Crippen LogP contribution in [0.5, 0.6) is 11.5 Å². The Balaban J connectivity index is 0.00000387. The molecule has 3 N–H and O–H groups in total. The van der Waals surface area contributed by atoms with Crippen LogP contribution < -0.4 is 36.5 Å². The van der Waals surface area contributed by atoms with Crippen molar-refractivity contribution in [2.75, 3.05) is 67.3 Å². The predicted octanol–water partition coefficient (Wildman–Crippen LogP) is 1.45. The molecule has 1 aliphatic heterocycles. The predicted molar refractivity (Wildman–Crippen MR) is 208 cm³/mol. The summed E-state index contributed by atoms with van der Waals surface area (Å²) in [4.78, 5) is 75.8. The molecular formula is C38H53N7O10. The number of pyridine rings is 2. The fourth-order valence-electron chi connectivity index (χ4n) is 6.41. The van der Waals surface area contributed by atoms with Gasteiger partial charge in [0.15, 0.2) is 0 Å². The molecule has 5 rings (SSSR count). The van der Waals surface area contributed by atoms with Crippen LogP contribution in [0.1, 0.15) is 39.1 Å². The number of nitrogens with zero attached hydrogens (tertiary/aromatic N) is 4. The Kier molecular flexibility index (Phi) is 13.6. The van der Waals surface area contributed by atoms with Crippen molar-refractivity contribution < 1.29 is 42.4 Å². The molecule has 1 saturated heterocycles. The van der Waals surface area contributed by atoms with Gasteiger partial charge in [0, 0.05) is 80.0 Å². The topological polar surface area (TPSA) is 193 Å². The average molecular weight is 768 g/mol. The number of imide groups is 1. The van der Waals surface area contributed by atoms with E-state index >= 15 is 0 Å². The minimum atomic E-state index is -0.858. The van der Waals surface area contributed by atoms with Crippen LogP contribution in [-0.4, -0.2) is 110 Å². The molecular weight excluding hydrogens is 714 g/mol. The molecule has 4 aromatic rings. The van der Waals surface area contributed by atoms with E-state index < -0.39 is 29.3 Å². The molecule has 4 amide bonds. The normalized spacial score (nSPS) is 14.3. The lowest BCUT2D eigenvalue weighted by atomic mass is 10.00. The molecule has 0 saturated carbocycles. The molecule has 0 aliphatic carbocycles. The van der Waals surface area contributed by atoms with Gasteiger partial charge in [0.05, 0.1) is 58.3 Å². The largest absolute Gasteiger partial charge is 0.496 e. The Bertz CT molecular complexity index is 2160. The number of likely N-dealkylation sites (N-methyl/N-ethyl adjacent to an activating group) is 1. The van der Waals surface area contributed by atoms with Crippen molar-refractivity contribution in [2.45, 2.75) is 25.4 Å². The molecule has 17 nitrogen and oxygen atoms in total. The minimum absolute atomic E-state index is 0. The lowest BCUT2D eigenvalue weighted by molar-refractivity contribution is -0.135. The molecule has 55 heavy (non-hydrogen) atoms. The van der Waals surface area contributed by atoms with Gasteiger partial charge in [-0.05, 0) is 43.3 Å². The maximum atomic E-state index is 12.8. The van der Waals surface area contributed by atoms with E-state index in [2.05, 4.69) is 16.0 Å². The standard InChI is InChI=1S/C38H47N7O10.3H2/c1-42(21-28-30(52-4)18-25(19-31(28)53-5)27-22-44(3)38(51)35-26(27)10-13-43(35)2)23-33(47)39-11-14-54-16-17-55-15-12-40-36(49)24-6-9-34(48)45(20-24)29-7-8-32(46)41-37(29)50;;;/h6,9-10,13,18-20,22,29H,7-8,11-12,14-17,21,23H2,1-5H3,(H,39,47)(H,40,49)(H,41,46,50);3*1H. The number of benzene rings is 1. The first-order valence-electron chi connectivity index (χ1n) is 17.8. The highest BCUT2D eigenvalue weighted by molar-refractivity contribution is 6.00. The Morgan fingerprint density at radius 2 is 1.58 bits per heavy atom. The van der Waals surface area contributed by atoms with Gasteiger partial charge in [-0.25, -0.2) is 0 Å². The fraction of sp³-hybridized carbons (Fsp3) is 0.421. The second-order valence-corrected chi connectivity index (χ2v) is 13.1. The molecule has 0 spiro atoms. The second kappa shape index (κ2) is 18.5. The molecule has 3 aromatic heterocycles. The van der Waals surface area contributed by atoms with Crippen molar-refractivity contribution in [3.63, 3.8) is 0 Å². The maximum absolute atomic E-state index is 12.8. The molecule has 0 radical (unpaired) electrons. The highest BCUT2D eigenvalue weighted by Gasteiger charge is 2.29. The van der Waals surface area contributed by atoms with Gasteiger partial charge in [-0.1, -0.05) is 0 Å². The first-order chi connectivity index (χ1) is 26.4. The van der Waals surface area contributed by atoms with Crippen LogP contribution in [0.3, 0.4) is 0 Å². The number of piperidine rings is 1. The zero-order valence-corrected chi connectivity index (χ0v) is 31.6. The third kappa shape index (κ3) is 9.86. The zero-order valence-electron chi connectivity index (χ0n) is 31.6. The summed E-state index contributed by atoms with van der Waals surface area (Å²) in [5, 5.41) is 8.58. The Labute approximate surface area is 321 Å². The summed E-state index contributed by atoms with van der Waals surface area (Å²) in [6.45, 7) is 2.05. The number of methoxy groups -OCH3 is 2. The summed E-state index contributed by atoms with van der Waals surface area (Å²) in [7, 11) is 8.54. The van der Waals surface area contributed by atoms with E-state index in [0.29, 0.717) is 30.1 Å². The number of nitrogens with one attached hydrogen (secondary N) is 3. The van der Waals surface area contributed by atoms with Crippen LogP contribution in [0.15, 0.2) is 58.5 Å². The van der Waals surface area contributed by atoms with Crippen LogP contribution in [0.25, 0.3) is 22.0 Å². The van der Waals surface area contributed by atoms with Crippen molar-refractivity contribution in [3.8, 4) is 22.6 Å². The number of amides is 4. The van der Waals surface area contributed by atoms with Gasteiger partial charge in [0.2, 0.25) is 17.7 Å².